The number of ketones is 1. The highest BCUT2D eigenvalue weighted by Crippen LogP contribution is 2.19. The maximum absolute atomic E-state index is 12.6. The first-order chi connectivity index (χ1) is 20.6. The zero-order valence-electron chi connectivity index (χ0n) is 24.6. The van der Waals surface area contributed by atoms with Gasteiger partial charge < -0.3 is 30.4 Å². The number of fused-ring (bicyclic) bond motifs is 1. The molecule has 1 saturated heterocycles. The van der Waals surface area contributed by atoms with Crippen molar-refractivity contribution in [2.45, 2.75) is 32.9 Å². The molecule has 0 unspecified atom stereocenters. The molecule has 0 spiro atoms. The first-order valence-corrected chi connectivity index (χ1v) is 14.1. The number of anilines is 1. The molecule has 1 aliphatic heterocycles. The molecule has 0 aliphatic carbocycles. The third-order valence-corrected chi connectivity index (χ3v) is 7.21. The summed E-state index contributed by atoms with van der Waals surface area (Å²) >= 11 is 0. The molecule has 1 fully saturated rings. The van der Waals surface area contributed by atoms with Crippen molar-refractivity contribution in [3.05, 3.63) is 58.0 Å². The lowest BCUT2D eigenvalue weighted by atomic mass is 10.1. The number of methoxy groups -OCH3 is 1. The van der Waals surface area contributed by atoms with Crippen LogP contribution in [0.15, 0.2) is 41.2 Å². The van der Waals surface area contributed by atoms with E-state index in [4.69, 9.17) is 15.2 Å². The predicted molar refractivity (Wildman–Crippen MR) is 159 cm³/mol. The van der Waals surface area contributed by atoms with Crippen LogP contribution in [0.3, 0.4) is 0 Å². The molecule has 4 rings (SSSR count). The zero-order valence-corrected chi connectivity index (χ0v) is 24.6. The molecule has 43 heavy (non-hydrogen) atoms. The topological polar surface area (TPSA) is 178 Å². The van der Waals surface area contributed by atoms with Crippen LogP contribution in [-0.2, 0) is 32.2 Å². The Kier molecular flexibility index (Phi) is 10.6. The number of hydrogen-bond acceptors (Lipinski definition) is 10. The number of imidazole rings is 1. The van der Waals surface area contributed by atoms with Crippen molar-refractivity contribution in [2.24, 2.45) is 0 Å². The Balaban J connectivity index is 1.24. The van der Waals surface area contributed by atoms with E-state index < -0.39 is 0 Å². The maximum atomic E-state index is 12.6. The van der Waals surface area contributed by atoms with Gasteiger partial charge in [0.25, 0.3) is 0 Å². The third kappa shape index (κ3) is 8.49. The molecule has 1 aliphatic rings. The minimum absolute atomic E-state index is 0.0246. The minimum Gasteiger partial charge on any atom is -0.461 e. The minimum atomic E-state index is -0.378. The van der Waals surface area contributed by atoms with Gasteiger partial charge in [0.15, 0.2) is 17.2 Å². The van der Waals surface area contributed by atoms with E-state index in [0.717, 1.165) is 11.1 Å². The van der Waals surface area contributed by atoms with Gasteiger partial charge in [-0.05, 0) is 18.1 Å². The van der Waals surface area contributed by atoms with Crippen LogP contribution in [0.4, 0.5) is 5.82 Å². The number of aromatic nitrogens is 4. The standard InChI is InChI=1S/C29H38N8O6/c1-19(20(2)38)17-35-10-12-36(13-11-35)24(40)9-8-23(39)31-16-21-4-6-22(7-5-21)18-37-27-25(32-29(37)41)26(30)33-28(34-27)43-15-14-42-3/h4-7H,1,8-18H2,2-3H3,(H,31,39)(H,32,41)(H2,30,33,34). The average molecular weight is 595 g/mol. The fourth-order valence-electron chi connectivity index (χ4n) is 4.61. The quantitative estimate of drug-likeness (QED) is 0.175. The molecule has 14 nitrogen and oxygen atoms in total. The van der Waals surface area contributed by atoms with Gasteiger partial charge in [-0.3, -0.25) is 23.9 Å². The van der Waals surface area contributed by atoms with E-state index in [-0.39, 0.29) is 61.1 Å². The van der Waals surface area contributed by atoms with Crippen LogP contribution in [0.2, 0.25) is 0 Å². The Morgan fingerprint density at radius 1 is 1.05 bits per heavy atom. The number of H-pyrrole nitrogens is 1. The van der Waals surface area contributed by atoms with Gasteiger partial charge in [0.1, 0.15) is 12.1 Å². The fourth-order valence-corrected chi connectivity index (χ4v) is 4.61. The molecule has 230 valence electrons. The summed E-state index contributed by atoms with van der Waals surface area (Å²) in [6.07, 6.45) is 0.238. The Labute approximate surface area is 248 Å². The number of Topliss-reactive ketones (excluding diaryl/α,β-unsaturated/α-hetero) is 1. The Bertz CT molecular complexity index is 1520. The molecule has 0 bridgehead atoms. The number of nitrogen functional groups attached to an aromatic ring is 1. The van der Waals surface area contributed by atoms with Crippen molar-refractivity contribution >= 4 is 34.6 Å². The molecule has 0 atom stereocenters. The normalized spacial score (nSPS) is 13.7. The number of amides is 2. The molecule has 0 saturated carbocycles. The number of benzene rings is 1. The van der Waals surface area contributed by atoms with E-state index in [1.54, 1.807) is 12.0 Å². The third-order valence-electron chi connectivity index (χ3n) is 7.21. The van der Waals surface area contributed by atoms with Crippen LogP contribution >= 0.6 is 0 Å². The molecule has 3 aromatic rings. The van der Waals surface area contributed by atoms with Gasteiger partial charge in [-0.1, -0.05) is 30.8 Å². The lowest BCUT2D eigenvalue weighted by molar-refractivity contribution is -0.135. The predicted octanol–water partition coefficient (Wildman–Crippen LogP) is 0.461. The van der Waals surface area contributed by atoms with Gasteiger partial charge in [-0.15, -0.1) is 0 Å². The van der Waals surface area contributed by atoms with Crippen molar-refractivity contribution in [3.8, 4) is 6.01 Å². The van der Waals surface area contributed by atoms with Crippen molar-refractivity contribution in [3.63, 3.8) is 0 Å². The van der Waals surface area contributed by atoms with Gasteiger partial charge in [0.2, 0.25) is 11.8 Å². The summed E-state index contributed by atoms with van der Waals surface area (Å²) in [7, 11) is 1.55. The molecule has 3 heterocycles. The Morgan fingerprint density at radius 2 is 1.74 bits per heavy atom. The van der Waals surface area contributed by atoms with Crippen molar-refractivity contribution in [2.75, 3.05) is 58.8 Å². The Hall–Kier alpha value is -4.56. The molecule has 1 aromatic carbocycles. The monoisotopic (exact) mass is 594 g/mol. The smallest absolute Gasteiger partial charge is 0.328 e. The average Bonchev–Trinajstić information content (AvgIpc) is 3.31. The number of ether oxygens (including phenoxy) is 2. The highest BCUT2D eigenvalue weighted by atomic mass is 16.5. The van der Waals surface area contributed by atoms with Crippen LogP contribution in [0.1, 0.15) is 30.9 Å². The summed E-state index contributed by atoms with van der Waals surface area (Å²) in [5.74, 6) is -0.183. The van der Waals surface area contributed by atoms with Crippen LogP contribution in [0.25, 0.3) is 11.2 Å². The maximum Gasteiger partial charge on any atom is 0.328 e. The van der Waals surface area contributed by atoms with Crippen molar-refractivity contribution in [1.29, 1.82) is 0 Å². The number of nitrogens with zero attached hydrogens (tertiary/aromatic N) is 5. The lowest BCUT2D eigenvalue weighted by Gasteiger charge is -2.34. The fraction of sp³-hybridized carbons (Fsp3) is 0.448. The number of nitrogens with one attached hydrogen (secondary N) is 2. The summed E-state index contributed by atoms with van der Waals surface area (Å²) < 4.78 is 11.9. The summed E-state index contributed by atoms with van der Waals surface area (Å²) in [4.78, 5) is 64.0. The van der Waals surface area contributed by atoms with Gasteiger partial charge >= 0.3 is 11.7 Å². The first kappa shape index (κ1) is 31.4. The highest BCUT2D eigenvalue weighted by molar-refractivity contribution is 5.93. The zero-order chi connectivity index (χ0) is 30.9. The van der Waals surface area contributed by atoms with Crippen LogP contribution in [-0.4, -0.2) is 100.0 Å². The van der Waals surface area contributed by atoms with E-state index in [1.165, 1.54) is 11.5 Å². The summed E-state index contributed by atoms with van der Waals surface area (Å²) in [6, 6.07) is 7.51. The molecular weight excluding hydrogens is 556 g/mol. The van der Waals surface area contributed by atoms with Crippen LogP contribution < -0.4 is 21.5 Å². The van der Waals surface area contributed by atoms with E-state index in [0.29, 0.717) is 62.6 Å². The number of piperazine rings is 1. The van der Waals surface area contributed by atoms with Crippen molar-refractivity contribution in [1.82, 2.24) is 34.6 Å². The summed E-state index contributed by atoms with van der Waals surface area (Å²) in [5, 5.41) is 2.85. The molecule has 2 aromatic heterocycles. The van der Waals surface area contributed by atoms with E-state index in [2.05, 4.69) is 31.7 Å². The second kappa shape index (κ2) is 14.6. The molecular formula is C29H38N8O6. The molecule has 14 heteroatoms. The second-order valence-corrected chi connectivity index (χ2v) is 10.4. The largest absolute Gasteiger partial charge is 0.461 e. The van der Waals surface area contributed by atoms with Crippen molar-refractivity contribution < 1.29 is 23.9 Å². The first-order valence-electron chi connectivity index (χ1n) is 14.1. The number of hydrogen-bond donors (Lipinski definition) is 3. The summed E-state index contributed by atoms with van der Waals surface area (Å²) in [5.41, 5.74) is 8.57. The van der Waals surface area contributed by atoms with E-state index in [9.17, 15) is 19.2 Å². The van der Waals surface area contributed by atoms with E-state index in [1.807, 2.05) is 24.3 Å². The SMILES string of the molecule is C=C(CN1CCN(C(=O)CCC(=O)NCc2ccc(Cn3c(=O)[nH]c4c(N)nc(OCCOC)nc43)cc2)CC1)C(C)=O. The highest BCUT2D eigenvalue weighted by Gasteiger charge is 2.22. The van der Waals surface area contributed by atoms with Gasteiger partial charge in [0.05, 0.1) is 13.2 Å². The number of carbonyl (C=O) groups excluding carboxylic acids is 3. The Morgan fingerprint density at radius 3 is 2.42 bits per heavy atom. The van der Waals surface area contributed by atoms with Gasteiger partial charge in [-0.2, -0.15) is 9.97 Å². The van der Waals surface area contributed by atoms with E-state index >= 15 is 0 Å². The second-order valence-electron chi connectivity index (χ2n) is 10.4. The van der Waals surface area contributed by atoms with Crippen LogP contribution in [0, 0.1) is 0 Å². The molecule has 2 amide bonds. The summed E-state index contributed by atoms with van der Waals surface area (Å²) in [6.45, 7) is 9.41. The number of rotatable bonds is 14. The van der Waals surface area contributed by atoms with Gasteiger partial charge in [0, 0.05) is 64.8 Å². The number of nitrogens with two attached hydrogens (primary N) is 1. The van der Waals surface area contributed by atoms with Crippen LogP contribution in [0.5, 0.6) is 6.01 Å². The number of aromatic amines is 1. The number of carbonyl (C=O) groups is 3. The lowest BCUT2D eigenvalue weighted by Crippen LogP contribution is -2.49. The van der Waals surface area contributed by atoms with Gasteiger partial charge in [-0.25, -0.2) is 4.79 Å². The molecule has 4 N–H and O–H groups in total. The molecule has 0 radical (unpaired) electrons.